The second kappa shape index (κ2) is 9.52. The van der Waals surface area contributed by atoms with Crippen LogP contribution in [0.5, 0.6) is 5.75 Å². The predicted molar refractivity (Wildman–Crippen MR) is 119 cm³/mol. The zero-order valence-electron chi connectivity index (χ0n) is 20.5. The van der Waals surface area contributed by atoms with Crippen molar-refractivity contribution in [1.29, 1.82) is 0 Å². The number of ether oxygens (including phenoxy) is 2. The van der Waals surface area contributed by atoms with Gasteiger partial charge in [-0.15, -0.1) is 0 Å². The van der Waals surface area contributed by atoms with E-state index in [4.69, 9.17) is 12.2 Å². The Balaban J connectivity index is 1.38. The molecular weight excluding hydrogens is 441 g/mol. The fourth-order valence-electron chi connectivity index (χ4n) is 4.54. The van der Waals surface area contributed by atoms with Crippen LogP contribution in [-0.4, -0.2) is 59.9 Å². The number of hydrogen-bond acceptors (Lipinski definition) is 6. The summed E-state index contributed by atoms with van der Waals surface area (Å²) in [6.07, 6.45) is 0.338. The Morgan fingerprint density at radius 3 is 2.68 bits per heavy atom. The van der Waals surface area contributed by atoms with Gasteiger partial charge in [0.05, 0.1) is 22.5 Å². The maximum atomic E-state index is 15.4. The Morgan fingerprint density at radius 1 is 1.12 bits per heavy atom. The third kappa shape index (κ3) is 4.41. The maximum Gasteiger partial charge on any atom is 0.255 e. The van der Waals surface area contributed by atoms with Crippen molar-refractivity contribution in [2.24, 2.45) is 0 Å². The smallest absolute Gasteiger partial charge is 0.255 e. The molecule has 2 aromatic rings. The van der Waals surface area contributed by atoms with E-state index in [-0.39, 0.29) is 42.2 Å². The molecule has 2 aromatic carbocycles. The second-order valence-corrected chi connectivity index (χ2v) is 8.55. The first-order valence-corrected chi connectivity index (χ1v) is 11.3. The van der Waals surface area contributed by atoms with Gasteiger partial charge >= 0.3 is 0 Å². The van der Waals surface area contributed by atoms with Gasteiger partial charge in [0.2, 0.25) is 11.8 Å². The van der Waals surface area contributed by atoms with Crippen molar-refractivity contribution in [3.05, 3.63) is 64.5 Å². The van der Waals surface area contributed by atoms with Crippen LogP contribution in [0.3, 0.4) is 0 Å². The lowest BCUT2D eigenvalue weighted by Crippen LogP contribution is -2.52. The van der Waals surface area contributed by atoms with Gasteiger partial charge in [-0.3, -0.25) is 24.6 Å². The van der Waals surface area contributed by atoms with Gasteiger partial charge in [0, 0.05) is 48.3 Å². The highest BCUT2D eigenvalue weighted by Crippen LogP contribution is 2.34. The van der Waals surface area contributed by atoms with Crippen molar-refractivity contribution < 1.29 is 31.0 Å². The van der Waals surface area contributed by atoms with E-state index >= 15 is 4.39 Å². The van der Waals surface area contributed by atoms with Crippen LogP contribution in [0.2, 0.25) is 0 Å². The zero-order valence-corrected chi connectivity index (χ0v) is 18.5. The first-order chi connectivity index (χ1) is 17.2. The van der Waals surface area contributed by atoms with Crippen molar-refractivity contribution in [3.8, 4) is 5.75 Å². The van der Waals surface area contributed by atoms with Gasteiger partial charge in [-0.05, 0) is 18.6 Å². The number of rotatable bonds is 6. The van der Waals surface area contributed by atoms with Crippen LogP contribution in [0, 0.1) is 5.82 Å². The monoisotopic (exact) mass is 469 g/mol. The van der Waals surface area contributed by atoms with Crippen molar-refractivity contribution in [2.45, 2.75) is 38.5 Å². The summed E-state index contributed by atoms with van der Waals surface area (Å²) in [6.45, 7) is 0.298. The van der Waals surface area contributed by atoms with Crippen molar-refractivity contribution in [3.63, 3.8) is 0 Å². The Hall–Kier alpha value is -3.30. The summed E-state index contributed by atoms with van der Waals surface area (Å²) in [5.74, 6) is -1.90. The van der Waals surface area contributed by atoms with Crippen LogP contribution in [0.25, 0.3) is 0 Å². The van der Waals surface area contributed by atoms with E-state index in [1.54, 1.807) is 24.3 Å². The predicted octanol–water partition coefficient (Wildman–Crippen LogP) is 2.00. The van der Waals surface area contributed by atoms with E-state index in [9.17, 15) is 14.4 Å². The number of imide groups is 1. The molecule has 0 bridgehead atoms. The number of carbonyl (C=O) groups excluding carboxylic acids is 3. The minimum Gasteiger partial charge on any atom is -0.488 e. The van der Waals surface area contributed by atoms with Crippen LogP contribution >= 0.6 is 0 Å². The highest BCUT2D eigenvalue weighted by molar-refractivity contribution is 6.05. The fraction of sp³-hybridized carbons (Fsp3) is 0.400. The van der Waals surface area contributed by atoms with E-state index in [1.165, 1.54) is 17.0 Å². The highest BCUT2D eigenvalue weighted by Gasteiger charge is 2.40. The van der Waals surface area contributed by atoms with E-state index in [0.29, 0.717) is 44.0 Å². The number of halogens is 1. The second-order valence-electron chi connectivity index (χ2n) is 8.55. The Labute approximate surface area is 199 Å². The molecule has 9 heteroatoms. The lowest BCUT2D eigenvalue weighted by molar-refractivity contribution is -0.136. The molecule has 178 valence electrons. The van der Waals surface area contributed by atoms with Gasteiger partial charge in [-0.2, -0.15) is 0 Å². The van der Waals surface area contributed by atoms with Crippen LogP contribution in [-0.2, 0) is 34.0 Å². The Bertz CT molecular complexity index is 1220. The minimum absolute atomic E-state index is 0.0201. The van der Waals surface area contributed by atoms with Gasteiger partial charge in [-0.1, -0.05) is 24.3 Å². The summed E-state index contributed by atoms with van der Waals surface area (Å²) in [7, 11) is 0. The Kier molecular flexibility index (Phi) is 5.63. The van der Waals surface area contributed by atoms with Crippen LogP contribution in [0.4, 0.5) is 4.39 Å². The van der Waals surface area contributed by atoms with Gasteiger partial charge in [-0.25, -0.2) is 4.39 Å². The molecule has 2 fully saturated rings. The molecule has 1 N–H and O–H groups in total. The summed E-state index contributed by atoms with van der Waals surface area (Å²) >= 11 is 0. The van der Waals surface area contributed by atoms with Gasteiger partial charge < -0.3 is 14.4 Å². The molecule has 3 aliphatic rings. The minimum atomic E-state index is -2.52. The molecule has 1 unspecified atom stereocenters. The molecule has 0 saturated carbocycles. The SMILES string of the molecule is [2H]C([2H])(Oc1cccc2c1CN(C1CCC(=O)NC1=O)C2=O)c1cccc(CN2CCOCC2)c1F. The zero-order chi connectivity index (χ0) is 25.4. The molecule has 3 heterocycles. The number of nitrogens with zero attached hydrogens (tertiary/aromatic N) is 2. The third-order valence-electron chi connectivity index (χ3n) is 6.39. The van der Waals surface area contributed by atoms with Crippen molar-refractivity contribution in [1.82, 2.24) is 15.1 Å². The first kappa shape index (κ1) is 20.1. The molecule has 1 atom stereocenters. The first-order valence-electron chi connectivity index (χ1n) is 12.3. The van der Waals surface area contributed by atoms with Crippen LogP contribution in [0.1, 0.15) is 42.6 Å². The highest BCUT2D eigenvalue weighted by atomic mass is 19.1. The number of benzene rings is 2. The lowest BCUT2D eigenvalue weighted by Gasteiger charge is -2.29. The number of nitrogens with one attached hydrogen (secondary N) is 1. The molecule has 2 saturated heterocycles. The van der Waals surface area contributed by atoms with Crippen LogP contribution in [0.15, 0.2) is 36.4 Å². The molecule has 0 aromatic heterocycles. The number of fused-ring (bicyclic) bond motifs is 1. The largest absolute Gasteiger partial charge is 0.488 e. The van der Waals surface area contributed by atoms with Crippen molar-refractivity contribution >= 4 is 17.7 Å². The summed E-state index contributed by atoms with van der Waals surface area (Å²) in [6, 6.07) is 8.42. The molecular formula is C25H26FN3O5. The average molecular weight is 470 g/mol. The average Bonchev–Trinajstić information content (AvgIpc) is 3.18. The summed E-state index contributed by atoms with van der Waals surface area (Å²) in [5, 5.41) is 2.25. The van der Waals surface area contributed by atoms with Crippen molar-refractivity contribution in [2.75, 3.05) is 26.3 Å². The van der Waals surface area contributed by atoms with Gasteiger partial charge in [0.25, 0.3) is 5.91 Å². The molecule has 0 spiro atoms. The Morgan fingerprint density at radius 2 is 1.88 bits per heavy atom. The maximum absolute atomic E-state index is 15.4. The molecule has 0 aliphatic carbocycles. The lowest BCUT2D eigenvalue weighted by atomic mass is 10.0. The van der Waals surface area contributed by atoms with Gasteiger partial charge in [0.15, 0.2) is 0 Å². The standard InChI is InChI=1S/C25H26FN3O5/c26-23-16(13-28-9-11-33-12-10-28)3-1-4-17(23)15-34-21-6-2-5-18-19(21)14-29(25(18)32)20-7-8-22(30)27-24(20)31/h1-6,20H,7-15H2,(H,27,30,31)/i15D2. The fourth-order valence-corrected chi connectivity index (χ4v) is 4.54. The van der Waals surface area contributed by atoms with E-state index < -0.39 is 30.2 Å². The summed E-state index contributed by atoms with van der Waals surface area (Å²) in [4.78, 5) is 40.3. The molecule has 3 aliphatic heterocycles. The summed E-state index contributed by atoms with van der Waals surface area (Å²) in [5.41, 5.74) is 0.826. The number of hydrogen-bond donors (Lipinski definition) is 1. The number of piperidine rings is 1. The molecule has 3 amide bonds. The quantitative estimate of drug-likeness (QED) is 0.652. The molecule has 8 nitrogen and oxygen atoms in total. The number of amides is 3. The van der Waals surface area contributed by atoms with E-state index in [1.807, 2.05) is 4.90 Å². The third-order valence-corrected chi connectivity index (χ3v) is 6.39. The topological polar surface area (TPSA) is 88.2 Å². The number of carbonyl (C=O) groups is 3. The van der Waals surface area contributed by atoms with Crippen LogP contribution < -0.4 is 10.1 Å². The molecule has 34 heavy (non-hydrogen) atoms. The summed E-state index contributed by atoms with van der Waals surface area (Å²) < 4.78 is 43.6. The molecule has 0 radical (unpaired) electrons. The number of morpholine rings is 1. The normalized spacial score (nSPS) is 22.2. The van der Waals surface area contributed by atoms with E-state index in [2.05, 4.69) is 5.32 Å². The van der Waals surface area contributed by atoms with Gasteiger partial charge in [0.1, 0.15) is 24.2 Å². The van der Waals surface area contributed by atoms with E-state index in [0.717, 1.165) is 0 Å². The molecule has 5 rings (SSSR count).